The number of ether oxygens (including phenoxy) is 1. The Hall–Kier alpha value is -2.30. The highest BCUT2D eigenvalue weighted by Crippen LogP contribution is 2.31. The maximum atomic E-state index is 12.7. The lowest BCUT2D eigenvalue weighted by Crippen LogP contribution is -2.46. The van der Waals surface area contributed by atoms with Crippen molar-refractivity contribution in [2.24, 2.45) is 5.41 Å². The van der Waals surface area contributed by atoms with Gasteiger partial charge in [0, 0.05) is 5.54 Å². The molecule has 24 heavy (non-hydrogen) atoms. The van der Waals surface area contributed by atoms with Gasteiger partial charge in [0.2, 0.25) is 0 Å². The van der Waals surface area contributed by atoms with E-state index in [-0.39, 0.29) is 16.9 Å². The Morgan fingerprint density at radius 1 is 1.25 bits per heavy atom. The van der Waals surface area contributed by atoms with Crippen LogP contribution < -0.4 is 10.1 Å². The summed E-state index contributed by atoms with van der Waals surface area (Å²) in [7, 11) is 0. The van der Waals surface area contributed by atoms with Crippen LogP contribution in [0.25, 0.3) is 5.69 Å². The molecule has 1 aliphatic rings. The van der Waals surface area contributed by atoms with Crippen LogP contribution in [0.1, 0.15) is 57.2 Å². The number of fused-ring (bicyclic) bond motifs is 3. The maximum absolute atomic E-state index is 12.7. The van der Waals surface area contributed by atoms with Crippen LogP contribution in [0.4, 0.5) is 0 Å². The quantitative estimate of drug-likeness (QED) is 0.935. The number of amides is 1. The number of nitrogens with one attached hydrogen (secondary N) is 1. The fourth-order valence-electron chi connectivity index (χ4n) is 3.57. The Morgan fingerprint density at radius 2 is 1.96 bits per heavy atom. The SMILES string of the molecule is CC(C)(C)CC(C)(C)NC(=O)c1ncn2c1COc1ccccc1-2. The third kappa shape index (κ3) is 3.30. The van der Waals surface area contributed by atoms with Gasteiger partial charge in [0.15, 0.2) is 5.69 Å². The molecule has 0 bridgehead atoms. The van der Waals surface area contributed by atoms with E-state index < -0.39 is 0 Å². The minimum atomic E-state index is -0.306. The minimum absolute atomic E-state index is 0.131. The molecule has 1 amide bonds. The molecule has 2 aromatic rings. The van der Waals surface area contributed by atoms with Crippen LogP contribution in [0.15, 0.2) is 30.6 Å². The first-order valence-corrected chi connectivity index (χ1v) is 8.27. The van der Waals surface area contributed by atoms with Crippen LogP contribution >= 0.6 is 0 Å². The molecule has 0 spiro atoms. The van der Waals surface area contributed by atoms with Gasteiger partial charge in [-0.1, -0.05) is 32.9 Å². The highest BCUT2D eigenvalue weighted by atomic mass is 16.5. The number of hydrogen-bond donors (Lipinski definition) is 1. The van der Waals surface area contributed by atoms with Crippen molar-refractivity contribution >= 4 is 5.91 Å². The van der Waals surface area contributed by atoms with Crippen molar-refractivity contribution < 1.29 is 9.53 Å². The molecule has 0 aliphatic carbocycles. The van der Waals surface area contributed by atoms with Gasteiger partial charge < -0.3 is 10.1 Å². The molecule has 2 heterocycles. The molecule has 0 unspecified atom stereocenters. The first-order chi connectivity index (χ1) is 11.2. The average Bonchev–Trinajstić information content (AvgIpc) is 2.88. The molecule has 0 fully saturated rings. The Bertz CT molecular complexity index is 769. The molecule has 0 saturated heterocycles. The molecule has 3 rings (SSSR count). The van der Waals surface area contributed by atoms with Crippen molar-refractivity contribution in [3.8, 4) is 11.4 Å². The summed E-state index contributed by atoms with van der Waals surface area (Å²) in [4.78, 5) is 17.1. The highest BCUT2D eigenvalue weighted by Gasteiger charge is 2.30. The number of aromatic nitrogens is 2. The zero-order valence-corrected chi connectivity index (χ0v) is 15.0. The van der Waals surface area contributed by atoms with Gasteiger partial charge in [-0.2, -0.15) is 0 Å². The fourth-order valence-corrected chi connectivity index (χ4v) is 3.57. The Labute approximate surface area is 143 Å². The summed E-state index contributed by atoms with van der Waals surface area (Å²) < 4.78 is 7.70. The van der Waals surface area contributed by atoms with E-state index in [4.69, 9.17) is 4.74 Å². The van der Waals surface area contributed by atoms with Crippen molar-refractivity contribution in [1.82, 2.24) is 14.9 Å². The predicted octanol–water partition coefficient (Wildman–Crippen LogP) is 3.71. The number of imidazole rings is 1. The van der Waals surface area contributed by atoms with Gasteiger partial charge in [0.05, 0.1) is 11.4 Å². The van der Waals surface area contributed by atoms with E-state index in [9.17, 15) is 4.79 Å². The van der Waals surface area contributed by atoms with Crippen LogP contribution in [-0.2, 0) is 6.61 Å². The largest absolute Gasteiger partial charge is 0.485 e. The van der Waals surface area contributed by atoms with Crippen molar-refractivity contribution in [3.05, 3.63) is 42.0 Å². The van der Waals surface area contributed by atoms with E-state index in [0.717, 1.165) is 23.6 Å². The number of nitrogens with zero attached hydrogens (tertiary/aromatic N) is 2. The topological polar surface area (TPSA) is 56.2 Å². The average molecular weight is 327 g/mol. The molecule has 1 aromatic carbocycles. The van der Waals surface area contributed by atoms with E-state index in [1.807, 2.05) is 42.7 Å². The number of rotatable bonds is 3. The van der Waals surface area contributed by atoms with Crippen LogP contribution in [-0.4, -0.2) is 21.0 Å². The third-order valence-electron chi connectivity index (χ3n) is 3.99. The van der Waals surface area contributed by atoms with Crippen LogP contribution in [0.3, 0.4) is 0 Å². The van der Waals surface area contributed by atoms with Gasteiger partial charge in [0.1, 0.15) is 18.7 Å². The Balaban J connectivity index is 1.85. The molecule has 0 atom stereocenters. The van der Waals surface area contributed by atoms with E-state index in [1.165, 1.54) is 0 Å². The maximum Gasteiger partial charge on any atom is 0.272 e. The molecular weight excluding hydrogens is 302 g/mol. The zero-order valence-electron chi connectivity index (χ0n) is 15.0. The molecule has 0 saturated carbocycles. The monoisotopic (exact) mass is 327 g/mol. The van der Waals surface area contributed by atoms with Gasteiger partial charge in [-0.05, 0) is 37.8 Å². The first-order valence-electron chi connectivity index (χ1n) is 8.27. The summed E-state index contributed by atoms with van der Waals surface area (Å²) in [6, 6.07) is 7.77. The van der Waals surface area contributed by atoms with E-state index in [0.29, 0.717) is 12.3 Å². The number of hydrogen-bond acceptors (Lipinski definition) is 3. The number of carbonyl (C=O) groups is 1. The third-order valence-corrected chi connectivity index (χ3v) is 3.99. The molecule has 1 aliphatic heterocycles. The number of carbonyl (C=O) groups excluding carboxylic acids is 1. The molecule has 128 valence electrons. The standard InChI is InChI=1S/C19H25N3O2/c1-18(2,3)11-19(4,5)21-17(23)16-14-10-24-15-9-7-6-8-13(15)22(14)12-20-16/h6-9,12H,10-11H2,1-5H3,(H,21,23). The molecule has 1 aromatic heterocycles. The van der Waals surface area contributed by atoms with E-state index in [2.05, 4.69) is 31.1 Å². The van der Waals surface area contributed by atoms with Gasteiger partial charge >= 0.3 is 0 Å². The lowest BCUT2D eigenvalue weighted by atomic mass is 9.82. The predicted molar refractivity (Wildman–Crippen MR) is 93.5 cm³/mol. The lowest BCUT2D eigenvalue weighted by molar-refractivity contribution is 0.0883. The molecule has 0 radical (unpaired) electrons. The van der Waals surface area contributed by atoms with Crippen molar-refractivity contribution in [3.63, 3.8) is 0 Å². The Morgan fingerprint density at radius 3 is 2.67 bits per heavy atom. The first kappa shape index (κ1) is 16.6. The van der Waals surface area contributed by atoms with Gasteiger partial charge in [-0.15, -0.1) is 0 Å². The zero-order chi connectivity index (χ0) is 17.5. The van der Waals surface area contributed by atoms with E-state index >= 15 is 0 Å². The second kappa shape index (κ2) is 5.65. The molecule has 5 nitrogen and oxygen atoms in total. The van der Waals surface area contributed by atoms with Crippen molar-refractivity contribution in [2.45, 2.75) is 53.2 Å². The van der Waals surface area contributed by atoms with E-state index in [1.54, 1.807) is 6.33 Å². The minimum Gasteiger partial charge on any atom is -0.485 e. The summed E-state index contributed by atoms with van der Waals surface area (Å²) in [5, 5.41) is 3.12. The molecule has 1 N–H and O–H groups in total. The summed E-state index contributed by atoms with van der Waals surface area (Å²) in [5.74, 6) is 0.656. The molecule has 5 heteroatoms. The summed E-state index contributed by atoms with van der Waals surface area (Å²) in [5.41, 5.74) is 1.97. The molecular formula is C19H25N3O2. The summed E-state index contributed by atoms with van der Waals surface area (Å²) in [6.07, 6.45) is 2.57. The fraction of sp³-hybridized carbons (Fsp3) is 0.474. The normalized spacial score (nSPS) is 13.7. The Kier molecular flexibility index (Phi) is 3.90. The van der Waals surface area contributed by atoms with Gasteiger partial charge in [0.25, 0.3) is 5.91 Å². The van der Waals surface area contributed by atoms with Crippen LogP contribution in [0.5, 0.6) is 5.75 Å². The second-order valence-electron chi connectivity index (χ2n) is 8.24. The van der Waals surface area contributed by atoms with Gasteiger partial charge in [-0.25, -0.2) is 4.98 Å². The van der Waals surface area contributed by atoms with Crippen LogP contribution in [0.2, 0.25) is 0 Å². The number of para-hydroxylation sites is 2. The second-order valence-corrected chi connectivity index (χ2v) is 8.24. The highest BCUT2D eigenvalue weighted by molar-refractivity contribution is 5.94. The summed E-state index contributed by atoms with van der Waals surface area (Å²) in [6.45, 7) is 11.0. The number of benzene rings is 1. The van der Waals surface area contributed by atoms with Crippen molar-refractivity contribution in [1.29, 1.82) is 0 Å². The van der Waals surface area contributed by atoms with Crippen LogP contribution in [0, 0.1) is 5.41 Å². The summed E-state index contributed by atoms with van der Waals surface area (Å²) >= 11 is 0. The smallest absolute Gasteiger partial charge is 0.272 e. The lowest BCUT2D eigenvalue weighted by Gasteiger charge is -2.33. The van der Waals surface area contributed by atoms with Gasteiger partial charge in [-0.3, -0.25) is 9.36 Å². The van der Waals surface area contributed by atoms with Crippen molar-refractivity contribution in [2.75, 3.05) is 0 Å².